The zero-order valence-electron chi connectivity index (χ0n) is 27.3. The first-order valence-corrected chi connectivity index (χ1v) is 20.5. The van der Waals surface area contributed by atoms with E-state index in [4.69, 9.17) is 27.0 Å². The van der Waals surface area contributed by atoms with Crippen LogP contribution in [0.3, 0.4) is 0 Å². The number of hydrogen-bond acceptors (Lipinski definition) is 4. The first kappa shape index (κ1) is 35.5. The number of carbonyl (C=O) groups excluding carboxylic acids is 2. The lowest BCUT2D eigenvalue weighted by Crippen LogP contribution is -2.51. The number of nitrogens with one attached hydrogen (secondary N) is 2. The fourth-order valence-electron chi connectivity index (χ4n) is 3.86. The lowest BCUT2D eigenvalue weighted by Gasteiger charge is -2.40. The molecule has 2 amide bonds. The Morgan fingerprint density at radius 1 is 0.929 bits per heavy atom. The minimum absolute atomic E-state index is 0.0481. The van der Waals surface area contributed by atoms with Gasteiger partial charge in [-0.1, -0.05) is 65.3 Å². The summed E-state index contributed by atoms with van der Waals surface area (Å²) >= 11 is 6.44. The van der Waals surface area contributed by atoms with Crippen molar-refractivity contribution in [2.45, 2.75) is 104 Å². The normalized spacial score (nSPS) is 14.0. The number of benzene rings is 2. The van der Waals surface area contributed by atoms with Crippen molar-refractivity contribution in [3.05, 3.63) is 69.5 Å². The van der Waals surface area contributed by atoms with Crippen LogP contribution < -0.4 is 15.3 Å². The average molecular weight is 630 g/mol. The first-order valence-electron chi connectivity index (χ1n) is 14.3. The quantitative estimate of drug-likeness (QED) is 0.165. The molecule has 0 heterocycles. The number of amides is 2. The van der Waals surface area contributed by atoms with E-state index in [9.17, 15) is 9.59 Å². The predicted molar refractivity (Wildman–Crippen MR) is 177 cm³/mol. The van der Waals surface area contributed by atoms with Crippen molar-refractivity contribution in [2.75, 3.05) is 0 Å². The largest absolute Gasteiger partial charge is 0.544 e. The molecule has 7 nitrogen and oxygen atoms in total. The SMILES string of the molecule is [C-]#[N+]c1ccc(C[C@@H](C(=O)NNC(=O)c2ccc(O[Si](C)(C)C(C)(C)C)cc2)[C@@H](C)O[Si](C)(C)C(C)(C)C)c(C)c1Cl. The van der Waals surface area contributed by atoms with E-state index in [-0.39, 0.29) is 16.0 Å². The fourth-order valence-corrected chi connectivity index (χ4v) is 6.56. The van der Waals surface area contributed by atoms with Crippen LogP contribution in [0.5, 0.6) is 5.75 Å². The van der Waals surface area contributed by atoms with Gasteiger partial charge in [0.15, 0.2) is 8.32 Å². The van der Waals surface area contributed by atoms with E-state index in [1.165, 1.54) is 0 Å². The molecule has 0 aliphatic rings. The molecule has 230 valence electrons. The van der Waals surface area contributed by atoms with Gasteiger partial charge in [0.2, 0.25) is 19.9 Å². The maximum absolute atomic E-state index is 13.6. The van der Waals surface area contributed by atoms with Crippen LogP contribution in [0.4, 0.5) is 5.69 Å². The van der Waals surface area contributed by atoms with E-state index in [2.05, 4.69) is 83.4 Å². The third-order valence-electron chi connectivity index (χ3n) is 8.82. The molecule has 2 rings (SSSR count). The van der Waals surface area contributed by atoms with Gasteiger partial charge in [-0.3, -0.25) is 20.4 Å². The highest BCUT2D eigenvalue weighted by Crippen LogP contribution is 2.39. The third kappa shape index (κ3) is 8.69. The molecule has 0 aliphatic heterocycles. The van der Waals surface area contributed by atoms with Crippen LogP contribution in [0, 0.1) is 19.4 Å². The first-order chi connectivity index (χ1) is 19.1. The van der Waals surface area contributed by atoms with Gasteiger partial charge in [0.25, 0.3) is 5.91 Å². The van der Waals surface area contributed by atoms with Gasteiger partial charge in [0.05, 0.1) is 23.6 Å². The van der Waals surface area contributed by atoms with E-state index in [1.54, 1.807) is 30.3 Å². The lowest BCUT2D eigenvalue weighted by atomic mass is 9.91. The van der Waals surface area contributed by atoms with Gasteiger partial charge < -0.3 is 8.85 Å². The second kappa shape index (κ2) is 13.3. The van der Waals surface area contributed by atoms with Crippen LogP contribution in [-0.4, -0.2) is 34.6 Å². The zero-order chi connectivity index (χ0) is 32.3. The van der Waals surface area contributed by atoms with Crippen molar-refractivity contribution < 1.29 is 18.4 Å². The molecule has 2 aromatic carbocycles. The molecule has 10 heteroatoms. The summed E-state index contributed by atoms with van der Waals surface area (Å²) in [5.41, 5.74) is 7.57. The van der Waals surface area contributed by atoms with Gasteiger partial charge >= 0.3 is 0 Å². The van der Waals surface area contributed by atoms with Gasteiger partial charge in [0, 0.05) is 5.56 Å². The maximum atomic E-state index is 13.6. The minimum Gasteiger partial charge on any atom is -0.544 e. The van der Waals surface area contributed by atoms with Crippen LogP contribution in [0.25, 0.3) is 4.85 Å². The molecule has 0 aliphatic carbocycles. The predicted octanol–water partition coefficient (Wildman–Crippen LogP) is 8.61. The zero-order valence-corrected chi connectivity index (χ0v) is 30.0. The van der Waals surface area contributed by atoms with E-state index in [0.29, 0.717) is 22.7 Å². The molecular formula is C32H48ClN3O4Si2. The summed E-state index contributed by atoms with van der Waals surface area (Å²) in [7, 11) is -4.22. The van der Waals surface area contributed by atoms with E-state index >= 15 is 0 Å². The summed E-state index contributed by atoms with van der Waals surface area (Å²) < 4.78 is 12.9. The smallest absolute Gasteiger partial charge is 0.269 e. The summed E-state index contributed by atoms with van der Waals surface area (Å²) in [5, 5.41) is 0.389. The summed E-state index contributed by atoms with van der Waals surface area (Å²) in [6.07, 6.45) is -0.103. The summed E-state index contributed by atoms with van der Waals surface area (Å²) in [5.74, 6) is -0.692. The topological polar surface area (TPSA) is 81.0 Å². The minimum atomic E-state index is -2.21. The molecule has 0 saturated carbocycles. The highest BCUT2D eigenvalue weighted by molar-refractivity contribution is 6.75. The number of carbonyl (C=O) groups is 2. The average Bonchev–Trinajstić information content (AvgIpc) is 2.86. The van der Waals surface area contributed by atoms with Gasteiger partial charge in [-0.05, 0) is 91.9 Å². The summed E-state index contributed by atoms with van der Waals surface area (Å²) in [6.45, 7) is 32.7. The number of halogens is 1. The Morgan fingerprint density at radius 3 is 1.98 bits per heavy atom. The molecule has 42 heavy (non-hydrogen) atoms. The fraction of sp³-hybridized carbons (Fsp3) is 0.531. The highest BCUT2D eigenvalue weighted by atomic mass is 35.5. The lowest BCUT2D eigenvalue weighted by molar-refractivity contribution is -0.128. The second-order valence-corrected chi connectivity index (χ2v) is 23.9. The molecule has 0 unspecified atom stereocenters. The summed E-state index contributed by atoms with van der Waals surface area (Å²) in [6, 6.07) is 10.5. The Bertz CT molecular complexity index is 1320. The molecule has 2 atom stereocenters. The Kier molecular flexibility index (Phi) is 11.3. The van der Waals surface area contributed by atoms with Crippen LogP contribution in [-0.2, 0) is 15.6 Å². The van der Waals surface area contributed by atoms with Gasteiger partial charge in [-0.2, -0.15) is 0 Å². The highest BCUT2D eigenvalue weighted by Gasteiger charge is 2.41. The Balaban J connectivity index is 2.24. The van der Waals surface area contributed by atoms with Crippen LogP contribution >= 0.6 is 11.6 Å². The summed E-state index contributed by atoms with van der Waals surface area (Å²) in [4.78, 5) is 30.0. The molecule has 0 bridgehead atoms. The molecule has 0 spiro atoms. The molecular weight excluding hydrogens is 582 g/mol. The van der Waals surface area contributed by atoms with Crippen molar-refractivity contribution in [3.63, 3.8) is 0 Å². The van der Waals surface area contributed by atoms with E-state index in [1.807, 2.05) is 19.9 Å². The second-order valence-electron chi connectivity index (χ2n) is 14.0. The Morgan fingerprint density at radius 2 is 1.48 bits per heavy atom. The Labute approximate surface area is 259 Å². The van der Waals surface area contributed by atoms with E-state index < -0.39 is 34.6 Å². The van der Waals surface area contributed by atoms with E-state index in [0.717, 1.165) is 16.9 Å². The molecule has 0 saturated heterocycles. The maximum Gasteiger partial charge on any atom is 0.269 e. The van der Waals surface area contributed by atoms with Crippen LogP contribution in [0.2, 0.25) is 41.3 Å². The van der Waals surface area contributed by atoms with Crippen molar-refractivity contribution >= 4 is 45.7 Å². The Hall–Kier alpha value is -2.65. The third-order valence-corrected chi connectivity index (χ3v) is 18.2. The number of hydrazine groups is 1. The molecule has 0 aromatic heterocycles. The molecule has 0 radical (unpaired) electrons. The number of rotatable bonds is 9. The molecule has 2 aromatic rings. The van der Waals surface area contributed by atoms with Gasteiger partial charge in [-0.25, -0.2) is 4.85 Å². The van der Waals surface area contributed by atoms with Gasteiger partial charge in [0.1, 0.15) is 5.75 Å². The number of nitrogens with zero attached hydrogens (tertiary/aromatic N) is 1. The van der Waals surface area contributed by atoms with Crippen molar-refractivity contribution in [1.29, 1.82) is 0 Å². The molecule has 0 fully saturated rings. The van der Waals surface area contributed by atoms with Gasteiger partial charge in [-0.15, -0.1) is 0 Å². The van der Waals surface area contributed by atoms with Crippen LogP contribution in [0.15, 0.2) is 36.4 Å². The molecule has 2 N–H and O–H groups in total. The van der Waals surface area contributed by atoms with Crippen molar-refractivity contribution in [1.82, 2.24) is 10.9 Å². The monoisotopic (exact) mass is 629 g/mol. The standard InChI is InChI=1S/C32H48ClN3O4Si2/c1-21-24(16-19-27(34-9)28(21)33)20-26(22(2)39-41(10,11)31(3,4)5)30(38)36-35-29(37)23-14-17-25(18-15-23)40-42(12,13)32(6,7)8/h14-19,22,26H,20H2,1-8,10-13H3,(H,35,37)(H,36,38)/t22-,26-/m1/s1. The van der Waals surface area contributed by atoms with Crippen LogP contribution in [0.1, 0.15) is 70.0 Å². The number of hydrogen-bond donors (Lipinski definition) is 2. The van der Waals surface area contributed by atoms with Crippen molar-refractivity contribution in [2.24, 2.45) is 5.92 Å². The van der Waals surface area contributed by atoms with Crippen molar-refractivity contribution in [3.8, 4) is 5.75 Å².